The Hall–Kier alpha value is -2.67. The van der Waals surface area contributed by atoms with Crippen molar-refractivity contribution in [2.45, 2.75) is 19.3 Å². The second-order valence-electron chi connectivity index (χ2n) is 5.21. The molecule has 0 atom stereocenters. The van der Waals surface area contributed by atoms with Gasteiger partial charge in [0, 0.05) is 17.0 Å². The Morgan fingerprint density at radius 3 is 2.52 bits per heavy atom. The van der Waals surface area contributed by atoms with E-state index in [1.807, 2.05) is 17.5 Å². The molecular formula is C18H19NO5S. The highest BCUT2D eigenvalue weighted by Crippen LogP contribution is 2.12. The second kappa shape index (κ2) is 9.58. The van der Waals surface area contributed by atoms with Crippen molar-refractivity contribution in [2.75, 3.05) is 19.0 Å². The first-order chi connectivity index (χ1) is 12.1. The normalized spacial score (nSPS) is 10.1. The zero-order valence-electron chi connectivity index (χ0n) is 13.8. The maximum Gasteiger partial charge on any atom is 0.337 e. The molecule has 1 aromatic carbocycles. The fourth-order valence-corrected chi connectivity index (χ4v) is 2.84. The third-order valence-electron chi connectivity index (χ3n) is 3.34. The lowest BCUT2D eigenvalue weighted by atomic mass is 10.2. The number of methoxy groups -OCH3 is 1. The van der Waals surface area contributed by atoms with Gasteiger partial charge in [-0.25, -0.2) is 4.79 Å². The first-order valence-electron chi connectivity index (χ1n) is 7.74. The predicted molar refractivity (Wildman–Crippen MR) is 94.6 cm³/mol. The summed E-state index contributed by atoms with van der Waals surface area (Å²) in [6.07, 6.45) is 1.79. The van der Waals surface area contributed by atoms with Crippen LogP contribution in [0.2, 0.25) is 0 Å². The minimum absolute atomic E-state index is 0.277. The molecule has 0 aliphatic heterocycles. The van der Waals surface area contributed by atoms with E-state index >= 15 is 0 Å². The molecule has 0 saturated carbocycles. The number of ether oxygens (including phenoxy) is 2. The fourth-order valence-electron chi connectivity index (χ4n) is 2.08. The molecule has 1 N–H and O–H groups in total. The van der Waals surface area contributed by atoms with Gasteiger partial charge in [0.05, 0.1) is 12.7 Å². The van der Waals surface area contributed by atoms with Gasteiger partial charge < -0.3 is 14.8 Å². The molecule has 1 aromatic heterocycles. The Morgan fingerprint density at radius 2 is 1.88 bits per heavy atom. The molecule has 0 bridgehead atoms. The molecule has 1 heterocycles. The highest BCUT2D eigenvalue weighted by molar-refractivity contribution is 7.09. The number of carbonyl (C=O) groups excluding carboxylic acids is 3. The van der Waals surface area contributed by atoms with Gasteiger partial charge in [0.25, 0.3) is 5.91 Å². The highest BCUT2D eigenvalue weighted by Gasteiger charge is 2.09. The van der Waals surface area contributed by atoms with E-state index in [-0.39, 0.29) is 13.0 Å². The van der Waals surface area contributed by atoms with E-state index in [9.17, 15) is 14.4 Å². The van der Waals surface area contributed by atoms with Gasteiger partial charge in [-0.1, -0.05) is 6.07 Å². The number of nitrogens with one attached hydrogen (secondary N) is 1. The van der Waals surface area contributed by atoms with Crippen molar-refractivity contribution < 1.29 is 23.9 Å². The Morgan fingerprint density at radius 1 is 1.12 bits per heavy atom. The van der Waals surface area contributed by atoms with Crippen LogP contribution in [0.25, 0.3) is 0 Å². The molecule has 6 nitrogen and oxygen atoms in total. The van der Waals surface area contributed by atoms with Gasteiger partial charge in [0.2, 0.25) is 0 Å². The standard InChI is InChI=1S/C18H19NO5S/c1-23-18(22)13-7-9-14(10-8-13)19-16(20)12-24-17(21)6-2-4-15-5-3-11-25-15/h3,5,7-11H,2,4,6,12H2,1H3,(H,19,20). The Kier molecular flexibility index (Phi) is 7.16. The number of amides is 1. The summed E-state index contributed by atoms with van der Waals surface area (Å²) in [5, 5.41) is 4.59. The molecule has 0 spiro atoms. The number of aryl methyl sites for hydroxylation is 1. The fraction of sp³-hybridized carbons (Fsp3) is 0.278. The maximum atomic E-state index is 11.8. The number of thiophene rings is 1. The Labute approximate surface area is 149 Å². The molecule has 2 rings (SSSR count). The van der Waals surface area contributed by atoms with Crippen LogP contribution in [0.5, 0.6) is 0 Å². The average Bonchev–Trinajstić information content (AvgIpc) is 3.13. The van der Waals surface area contributed by atoms with Crippen LogP contribution >= 0.6 is 11.3 Å². The first kappa shape index (κ1) is 18.7. The van der Waals surface area contributed by atoms with Crippen LogP contribution in [0.1, 0.15) is 28.1 Å². The summed E-state index contributed by atoms with van der Waals surface area (Å²) < 4.78 is 9.55. The van der Waals surface area contributed by atoms with Gasteiger partial charge in [-0.2, -0.15) is 0 Å². The predicted octanol–water partition coefficient (Wildman–Crippen LogP) is 3.04. The van der Waals surface area contributed by atoms with E-state index in [1.165, 1.54) is 24.1 Å². The Bertz CT molecular complexity index is 710. The van der Waals surface area contributed by atoms with Crippen molar-refractivity contribution in [3.63, 3.8) is 0 Å². The molecule has 132 valence electrons. The van der Waals surface area contributed by atoms with E-state index in [1.54, 1.807) is 23.5 Å². The summed E-state index contributed by atoms with van der Waals surface area (Å²) in [6, 6.07) is 10.2. The van der Waals surface area contributed by atoms with Crippen LogP contribution < -0.4 is 5.32 Å². The highest BCUT2D eigenvalue weighted by atomic mass is 32.1. The molecule has 7 heteroatoms. The summed E-state index contributed by atoms with van der Waals surface area (Å²) in [5.41, 5.74) is 0.893. The monoisotopic (exact) mass is 361 g/mol. The van der Waals surface area contributed by atoms with E-state index in [4.69, 9.17) is 4.74 Å². The quantitative estimate of drug-likeness (QED) is 0.731. The molecule has 25 heavy (non-hydrogen) atoms. The molecule has 2 aromatic rings. The zero-order valence-corrected chi connectivity index (χ0v) is 14.6. The summed E-state index contributed by atoms with van der Waals surface area (Å²) in [6.45, 7) is -0.337. The van der Waals surface area contributed by atoms with Crippen LogP contribution in [0.4, 0.5) is 5.69 Å². The lowest BCUT2D eigenvalue weighted by Gasteiger charge is -2.07. The number of rotatable bonds is 8. The van der Waals surface area contributed by atoms with E-state index < -0.39 is 17.8 Å². The minimum atomic E-state index is -0.450. The summed E-state index contributed by atoms with van der Waals surface area (Å²) in [7, 11) is 1.30. The van der Waals surface area contributed by atoms with E-state index in [0.29, 0.717) is 17.7 Å². The topological polar surface area (TPSA) is 81.7 Å². The van der Waals surface area contributed by atoms with Crippen LogP contribution in [0.15, 0.2) is 41.8 Å². The van der Waals surface area contributed by atoms with Crippen molar-refractivity contribution >= 4 is 34.9 Å². The van der Waals surface area contributed by atoms with Crippen molar-refractivity contribution in [2.24, 2.45) is 0 Å². The van der Waals surface area contributed by atoms with Crippen molar-refractivity contribution in [3.05, 3.63) is 52.2 Å². The number of carbonyl (C=O) groups is 3. The molecular weight excluding hydrogens is 342 g/mol. The van der Waals surface area contributed by atoms with Crippen molar-refractivity contribution in [1.82, 2.24) is 0 Å². The van der Waals surface area contributed by atoms with Crippen molar-refractivity contribution in [3.8, 4) is 0 Å². The van der Waals surface area contributed by atoms with Crippen LogP contribution in [0.3, 0.4) is 0 Å². The van der Waals surface area contributed by atoms with Gasteiger partial charge in [-0.15, -0.1) is 11.3 Å². The number of hydrogen-bond acceptors (Lipinski definition) is 6. The molecule has 0 unspecified atom stereocenters. The molecule has 0 aliphatic carbocycles. The molecule has 0 fully saturated rings. The van der Waals surface area contributed by atoms with Gasteiger partial charge >= 0.3 is 11.9 Å². The second-order valence-corrected chi connectivity index (χ2v) is 6.24. The summed E-state index contributed by atoms with van der Waals surface area (Å²) in [4.78, 5) is 35.9. The van der Waals surface area contributed by atoms with E-state index in [0.717, 1.165) is 6.42 Å². The van der Waals surface area contributed by atoms with E-state index in [2.05, 4.69) is 10.1 Å². The van der Waals surface area contributed by atoms with Crippen LogP contribution in [-0.2, 0) is 25.5 Å². The van der Waals surface area contributed by atoms with Gasteiger partial charge in [0.15, 0.2) is 6.61 Å². The van der Waals surface area contributed by atoms with Gasteiger partial charge in [-0.3, -0.25) is 9.59 Å². The van der Waals surface area contributed by atoms with Crippen LogP contribution in [-0.4, -0.2) is 31.6 Å². The average molecular weight is 361 g/mol. The largest absolute Gasteiger partial charge is 0.465 e. The molecule has 0 aliphatic rings. The summed E-state index contributed by atoms with van der Waals surface area (Å²) in [5.74, 6) is -1.28. The number of hydrogen-bond donors (Lipinski definition) is 1. The number of anilines is 1. The van der Waals surface area contributed by atoms with Crippen molar-refractivity contribution in [1.29, 1.82) is 0 Å². The van der Waals surface area contributed by atoms with Crippen LogP contribution in [0, 0.1) is 0 Å². The minimum Gasteiger partial charge on any atom is -0.465 e. The third kappa shape index (κ3) is 6.39. The maximum absolute atomic E-state index is 11.8. The van der Waals surface area contributed by atoms with Gasteiger partial charge in [-0.05, 0) is 48.6 Å². The Balaban J connectivity index is 1.67. The lowest BCUT2D eigenvalue weighted by Crippen LogP contribution is -2.20. The molecule has 0 saturated heterocycles. The first-order valence-corrected chi connectivity index (χ1v) is 8.62. The van der Waals surface area contributed by atoms with Gasteiger partial charge in [0.1, 0.15) is 0 Å². The SMILES string of the molecule is COC(=O)c1ccc(NC(=O)COC(=O)CCCc2cccs2)cc1. The molecule has 1 amide bonds. The third-order valence-corrected chi connectivity index (χ3v) is 4.27. The number of esters is 2. The summed E-state index contributed by atoms with van der Waals surface area (Å²) >= 11 is 1.65. The molecule has 0 radical (unpaired) electrons. The smallest absolute Gasteiger partial charge is 0.337 e. The lowest BCUT2D eigenvalue weighted by molar-refractivity contribution is -0.147. The zero-order chi connectivity index (χ0) is 18.1. The number of benzene rings is 1.